The van der Waals surface area contributed by atoms with Crippen LogP contribution in [0.5, 0.6) is 5.75 Å². The van der Waals surface area contributed by atoms with Crippen molar-refractivity contribution in [2.75, 3.05) is 13.1 Å². The van der Waals surface area contributed by atoms with Crippen LogP contribution in [-0.4, -0.2) is 75.7 Å². The van der Waals surface area contributed by atoms with Crippen LogP contribution < -0.4 is 15.8 Å². The third-order valence-electron chi connectivity index (χ3n) is 11.7. The highest BCUT2D eigenvalue weighted by Crippen LogP contribution is 2.50. The number of aromatic nitrogens is 5. The highest BCUT2D eigenvalue weighted by Gasteiger charge is 2.39. The normalized spacial score (nSPS) is 22.6. The van der Waals surface area contributed by atoms with E-state index in [1.165, 1.54) is 10.5 Å². The van der Waals surface area contributed by atoms with Crippen LogP contribution >= 0.6 is 11.8 Å². The Hall–Kier alpha value is -5.08. The maximum Gasteiger partial charge on any atom is 0.315 e. The summed E-state index contributed by atoms with van der Waals surface area (Å²) in [7, 11) is 0. The summed E-state index contributed by atoms with van der Waals surface area (Å²) >= 11 is 1.89. The van der Waals surface area contributed by atoms with Gasteiger partial charge in [-0.05, 0) is 94.8 Å². The number of rotatable bonds is 7. The molecule has 2 saturated heterocycles. The van der Waals surface area contributed by atoms with Crippen molar-refractivity contribution in [1.82, 2.24) is 39.6 Å². The molecule has 10 rings (SSSR count). The van der Waals surface area contributed by atoms with Gasteiger partial charge >= 0.3 is 6.03 Å². The first-order valence-electron chi connectivity index (χ1n) is 19.7. The number of aliphatic hydroxyl groups is 1. The zero-order valence-corrected chi connectivity index (χ0v) is 32.6. The van der Waals surface area contributed by atoms with E-state index < -0.39 is 12.4 Å². The van der Waals surface area contributed by atoms with Crippen LogP contribution in [-0.2, 0) is 6.42 Å². The highest BCUT2D eigenvalue weighted by molar-refractivity contribution is 8.00. The second-order valence-electron chi connectivity index (χ2n) is 16.6. The molecule has 0 radical (unpaired) electrons. The zero-order chi connectivity index (χ0) is 38.3. The van der Waals surface area contributed by atoms with E-state index in [0.717, 1.165) is 101 Å². The van der Waals surface area contributed by atoms with Gasteiger partial charge in [0.15, 0.2) is 12.6 Å². The summed E-state index contributed by atoms with van der Waals surface area (Å²) in [5, 5.41) is 15.6. The Morgan fingerprint density at radius 2 is 1.66 bits per heavy atom. The summed E-state index contributed by atoms with van der Waals surface area (Å²) in [6.07, 6.45) is 7.34. The number of carbonyl (C=O) groups is 1. The Morgan fingerprint density at radius 1 is 0.946 bits per heavy atom. The van der Waals surface area contributed by atoms with Gasteiger partial charge in [-0.25, -0.2) is 14.8 Å². The molecule has 2 fully saturated rings. The fourth-order valence-electron chi connectivity index (χ4n) is 9.14. The van der Waals surface area contributed by atoms with E-state index in [1.54, 1.807) is 4.90 Å². The minimum absolute atomic E-state index is 0.00521. The van der Waals surface area contributed by atoms with Gasteiger partial charge < -0.3 is 35.0 Å². The van der Waals surface area contributed by atoms with Crippen molar-refractivity contribution < 1.29 is 14.6 Å². The van der Waals surface area contributed by atoms with Gasteiger partial charge in [-0.2, -0.15) is 0 Å². The van der Waals surface area contributed by atoms with Crippen molar-refractivity contribution in [2.24, 2.45) is 5.73 Å². The predicted octanol–water partition coefficient (Wildman–Crippen LogP) is 7.71. The first-order chi connectivity index (χ1) is 27.1. The van der Waals surface area contributed by atoms with Crippen LogP contribution in [0.25, 0.3) is 44.7 Å². The van der Waals surface area contributed by atoms with Gasteiger partial charge in [-0.15, -0.1) is 11.8 Å². The standard InChI is InChI=1S/C43H47N9O3S/c1-43(2,3)49-42(54)51-17-7-10-33(51)39-46-23-30(48-39)25-12-14-28-34-19-27-18-24(29-22-45-38(47-29)32-9-6-16-50(32)41(44)53)13-15-31(27)52(34)40(55-35(28)20-25)37-21-26-8-4-5-11-36(26)56-37/h4-5,8,11-15,18-20,22-23,32-33,37,40,42,49,54H,6-7,9-10,16-17,21H2,1-3H3,(H2,44,53)(H,45,47)(H,46,48). The van der Waals surface area contributed by atoms with E-state index in [1.807, 2.05) is 24.2 Å². The summed E-state index contributed by atoms with van der Waals surface area (Å²) in [4.78, 5) is 33.8. The van der Waals surface area contributed by atoms with E-state index in [4.69, 9.17) is 20.4 Å². The van der Waals surface area contributed by atoms with Crippen molar-refractivity contribution in [1.29, 1.82) is 0 Å². The number of carbonyl (C=O) groups excluding carboxylic acids is 1. The maximum absolute atomic E-state index is 12.1. The van der Waals surface area contributed by atoms with E-state index in [9.17, 15) is 9.90 Å². The SMILES string of the molecule is CC(C)(C)NC(O)N1CCCC1c1ncc(-c2ccc3c(c2)OC(C2Cc4ccccc4S2)n2c-3cc3cc(-c4cnc(C5CCCN5C(N)=O)[nH]4)ccc32)[nH]1. The van der Waals surface area contributed by atoms with Gasteiger partial charge in [-0.1, -0.05) is 30.3 Å². The van der Waals surface area contributed by atoms with Crippen LogP contribution in [0.2, 0.25) is 0 Å². The average molecular weight is 770 g/mol. The van der Waals surface area contributed by atoms with Crippen molar-refractivity contribution in [2.45, 2.75) is 93.2 Å². The molecule has 0 saturated carbocycles. The first-order valence-corrected chi connectivity index (χ1v) is 20.5. The number of primary amides is 1. The molecule has 6 N–H and O–H groups in total. The predicted molar refractivity (Wildman–Crippen MR) is 218 cm³/mol. The van der Waals surface area contributed by atoms with Gasteiger partial charge in [0.2, 0.25) is 0 Å². The first kappa shape index (κ1) is 35.3. The number of nitrogens with one attached hydrogen (secondary N) is 3. The molecule has 288 valence electrons. The molecule has 0 bridgehead atoms. The van der Waals surface area contributed by atoms with Crippen LogP contribution in [0, 0.1) is 0 Å². The van der Waals surface area contributed by atoms with E-state index in [0.29, 0.717) is 6.54 Å². The minimum atomic E-state index is -0.754. The number of likely N-dealkylation sites (tertiary alicyclic amines) is 2. The molecule has 56 heavy (non-hydrogen) atoms. The fraction of sp³-hybridized carbons (Fsp3) is 0.372. The summed E-state index contributed by atoms with van der Waals surface area (Å²) in [6.45, 7) is 7.64. The summed E-state index contributed by atoms with van der Waals surface area (Å²) in [5.74, 6) is 2.47. The molecule has 3 aromatic carbocycles. The molecule has 0 aliphatic carbocycles. The number of hydrogen-bond acceptors (Lipinski definition) is 8. The van der Waals surface area contributed by atoms with Gasteiger partial charge in [0.1, 0.15) is 17.4 Å². The summed E-state index contributed by atoms with van der Waals surface area (Å²) < 4.78 is 9.49. The number of H-pyrrole nitrogens is 2. The molecular weight excluding hydrogens is 723 g/mol. The molecule has 4 aliphatic heterocycles. The monoisotopic (exact) mass is 769 g/mol. The quantitative estimate of drug-likeness (QED) is 0.104. The molecule has 2 amide bonds. The lowest BCUT2D eigenvalue weighted by atomic mass is 10.0. The second kappa shape index (κ2) is 13.5. The summed E-state index contributed by atoms with van der Waals surface area (Å²) in [5.41, 5.74) is 13.9. The number of amides is 2. The van der Waals surface area contributed by atoms with Gasteiger partial charge in [0.25, 0.3) is 0 Å². The number of ether oxygens (including phenoxy) is 1. The number of hydrogen-bond donors (Lipinski definition) is 5. The van der Waals surface area contributed by atoms with Crippen molar-refractivity contribution in [3.05, 3.63) is 96.3 Å². The third kappa shape index (κ3) is 6.17. The molecule has 0 spiro atoms. The Morgan fingerprint density at radius 3 is 2.43 bits per heavy atom. The Bertz CT molecular complexity index is 2440. The lowest BCUT2D eigenvalue weighted by Crippen LogP contribution is -2.52. The highest BCUT2D eigenvalue weighted by atomic mass is 32.2. The van der Waals surface area contributed by atoms with Crippen molar-refractivity contribution in [3.8, 4) is 39.5 Å². The molecule has 7 heterocycles. The Balaban J connectivity index is 0.994. The van der Waals surface area contributed by atoms with Crippen LogP contribution in [0.15, 0.2) is 84.0 Å². The van der Waals surface area contributed by atoms with Gasteiger partial charge in [-0.3, -0.25) is 10.2 Å². The lowest BCUT2D eigenvalue weighted by Gasteiger charge is -2.34. The number of imidazole rings is 2. The number of nitrogens with zero attached hydrogens (tertiary/aromatic N) is 5. The average Bonchev–Trinajstić information content (AvgIpc) is 4.03. The number of fused-ring (bicyclic) bond motifs is 6. The molecule has 5 atom stereocenters. The molecular formula is C43H47N9O3S. The molecule has 13 heteroatoms. The third-order valence-corrected chi connectivity index (χ3v) is 13.1. The van der Waals surface area contributed by atoms with E-state index in [-0.39, 0.29) is 29.1 Å². The number of benzene rings is 3. The zero-order valence-electron chi connectivity index (χ0n) is 31.8. The van der Waals surface area contributed by atoms with Crippen molar-refractivity contribution in [3.63, 3.8) is 0 Å². The Labute approximate surface area is 329 Å². The van der Waals surface area contributed by atoms with Gasteiger partial charge in [0.05, 0.1) is 52.3 Å². The number of urea groups is 1. The molecule has 6 aromatic rings. The largest absolute Gasteiger partial charge is 0.468 e. The molecule has 5 unspecified atom stereocenters. The van der Waals surface area contributed by atoms with E-state index in [2.05, 4.69) is 112 Å². The van der Waals surface area contributed by atoms with Crippen LogP contribution in [0.3, 0.4) is 0 Å². The molecule has 12 nitrogen and oxygen atoms in total. The van der Waals surface area contributed by atoms with Crippen LogP contribution in [0.4, 0.5) is 4.79 Å². The van der Waals surface area contributed by atoms with Gasteiger partial charge in [0, 0.05) is 45.6 Å². The maximum atomic E-state index is 12.1. The lowest BCUT2D eigenvalue weighted by molar-refractivity contribution is -0.0478. The minimum Gasteiger partial charge on any atom is -0.468 e. The summed E-state index contributed by atoms with van der Waals surface area (Å²) in [6, 6.07) is 23.4. The van der Waals surface area contributed by atoms with E-state index >= 15 is 0 Å². The number of thioether (sulfide) groups is 1. The topological polar surface area (TPSA) is 153 Å². The van der Waals surface area contributed by atoms with Crippen molar-refractivity contribution >= 4 is 28.7 Å². The number of aromatic amines is 2. The number of nitrogens with two attached hydrogens (primary N) is 1. The second-order valence-corrected chi connectivity index (χ2v) is 17.9. The molecule has 3 aromatic heterocycles. The van der Waals surface area contributed by atoms with Crippen LogP contribution in [0.1, 0.15) is 82.0 Å². The molecule has 4 aliphatic rings. The fourth-order valence-corrected chi connectivity index (χ4v) is 10.5. The number of aliphatic hydroxyl groups excluding tert-OH is 1. The smallest absolute Gasteiger partial charge is 0.315 e. The Kier molecular flexibility index (Phi) is 8.55.